The highest BCUT2D eigenvalue weighted by molar-refractivity contribution is 6.35. The zero-order valence-electron chi connectivity index (χ0n) is 15.4. The molecule has 6 nitrogen and oxygen atoms in total. The summed E-state index contributed by atoms with van der Waals surface area (Å²) < 4.78 is 0. The Labute approximate surface area is 169 Å². The molecule has 0 bridgehead atoms. The van der Waals surface area contributed by atoms with Crippen LogP contribution in [0.5, 0.6) is 0 Å². The number of anilines is 2. The fourth-order valence-corrected chi connectivity index (χ4v) is 3.70. The van der Waals surface area contributed by atoms with Gasteiger partial charge in [0.15, 0.2) is 0 Å². The van der Waals surface area contributed by atoms with Crippen molar-refractivity contribution in [2.24, 2.45) is 0 Å². The van der Waals surface area contributed by atoms with Gasteiger partial charge in [0.25, 0.3) is 5.91 Å². The van der Waals surface area contributed by atoms with E-state index in [0.29, 0.717) is 34.6 Å². The summed E-state index contributed by atoms with van der Waals surface area (Å²) in [5.41, 5.74) is 1.44. The molecular weight excluding hydrogens is 385 g/mol. The molecule has 0 radical (unpaired) electrons. The molecule has 2 aromatic rings. The van der Waals surface area contributed by atoms with Crippen molar-refractivity contribution >= 4 is 40.9 Å². The first kappa shape index (κ1) is 19.7. The molecule has 1 aliphatic heterocycles. The van der Waals surface area contributed by atoms with Crippen molar-refractivity contribution in [3.05, 3.63) is 45.6 Å². The third kappa shape index (κ3) is 5.23. The summed E-state index contributed by atoms with van der Waals surface area (Å²) in [6.45, 7) is 6.08. The molecular formula is C19H23Cl2N5O. The summed E-state index contributed by atoms with van der Waals surface area (Å²) in [7, 11) is 0. The van der Waals surface area contributed by atoms with Gasteiger partial charge in [-0.2, -0.15) is 4.98 Å². The van der Waals surface area contributed by atoms with Crippen LogP contribution in [0.15, 0.2) is 24.3 Å². The Hall–Kier alpha value is -2.05. The number of hydrogen-bond acceptors (Lipinski definition) is 5. The lowest BCUT2D eigenvalue weighted by atomic mass is 10.0. The molecule has 1 fully saturated rings. The highest BCUT2D eigenvalue weighted by Crippen LogP contribution is 2.22. The second-order valence-electron chi connectivity index (χ2n) is 6.62. The Morgan fingerprint density at radius 1 is 1.15 bits per heavy atom. The molecule has 27 heavy (non-hydrogen) atoms. The molecule has 0 aliphatic carbocycles. The van der Waals surface area contributed by atoms with Crippen LogP contribution in [0, 0.1) is 6.92 Å². The van der Waals surface area contributed by atoms with Crippen LogP contribution in [-0.4, -0.2) is 46.5 Å². The SMILES string of the molecule is CCNc1nc(C)cc(NC2CCN(C(=O)c3cc(Cl)cc(Cl)c3)CC2)n1. The number of carbonyl (C=O) groups excluding carboxylic acids is 1. The van der Waals surface area contributed by atoms with Gasteiger partial charge in [0.2, 0.25) is 5.95 Å². The zero-order valence-corrected chi connectivity index (χ0v) is 16.9. The monoisotopic (exact) mass is 407 g/mol. The smallest absolute Gasteiger partial charge is 0.253 e. The van der Waals surface area contributed by atoms with E-state index in [1.807, 2.05) is 24.8 Å². The third-order valence-corrected chi connectivity index (χ3v) is 4.87. The number of benzene rings is 1. The van der Waals surface area contributed by atoms with Crippen LogP contribution in [0.3, 0.4) is 0 Å². The predicted octanol–water partition coefficient (Wildman–Crippen LogP) is 4.24. The molecule has 1 aromatic carbocycles. The lowest BCUT2D eigenvalue weighted by Crippen LogP contribution is -2.42. The Bertz CT molecular complexity index is 801. The van der Waals surface area contributed by atoms with Crippen molar-refractivity contribution in [1.29, 1.82) is 0 Å². The Morgan fingerprint density at radius 2 is 1.81 bits per heavy atom. The number of carbonyl (C=O) groups is 1. The number of hydrogen-bond donors (Lipinski definition) is 2. The number of halogens is 2. The van der Waals surface area contributed by atoms with Gasteiger partial charge in [-0.3, -0.25) is 4.79 Å². The summed E-state index contributed by atoms with van der Waals surface area (Å²) in [6.07, 6.45) is 1.69. The number of nitrogens with one attached hydrogen (secondary N) is 2. The maximum atomic E-state index is 12.7. The lowest BCUT2D eigenvalue weighted by molar-refractivity contribution is 0.0718. The number of likely N-dealkylation sites (tertiary alicyclic amines) is 1. The largest absolute Gasteiger partial charge is 0.367 e. The number of nitrogens with zero attached hydrogens (tertiary/aromatic N) is 3. The predicted molar refractivity (Wildman–Crippen MR) is 110 cm³/mol. The van der Waals surface area contributed by atoms with E-state index < -0.39 is 0 Å². The molecule has 0 saturated carbocycles. The summed E-state index contributed by atoms with van der Waals surface area (Å²) in [6, 6.07) is 7.15. The van der Waals surface area contributed by atoms with E-state index in [4.69, 9.17) is 23.2 Å². The van der Waals surface area contributed by atoms with Gasteiger partial charge in [-0.15, -0.1) is 0 Å². The van der Waals surface area contributed by atoms with Crippen molar-refractivity contribution in [1.82, 2.24) is 14.9 Å². The molecule has 8 heteroatoms. The van der Waals surface area contributed by atoms with E-state index in [-0.39, 0.29) is 11.9 Å². The fraction of sp³-hybridized carbons (Fsp3) is 0.421. The van der Waals surface area contributed by atoms with Crippen molar-refractivity contribution < 1.29 is 4.79 Å². The highest BCUT2D eigenvalue weighted by Gasteiger charge is 2.24. The number of aromatic nitrogens is 2. The molecule has 1 aliphatic rings. The van der Waals surface area contributed by atoms with Crippen LogP contribution < -0.4 is 10.6 Å². The minimum Gasteiger partial charge on any atom is -0.367 e. The van der Waals surface area contributed by atoms with Gasteiger partial charge in [0.05, 0.1) is 0 Å². The van der Waals surface area contributed by atoms with Gasteiger partial charge in [-0.25, -0.2) is 4.98 Å². The maximum absolute atomic E-state index is 12.7. The minimum absolute atomic E-state index is 0.0369. The molecule has 0 unspecified atom stereocenters. The van der Waals surface area contributed by atoms with Crippen molar-refractivity contribution in [3.63, 3.8) is 0 Å². The van der Waals surface area contributed by atoms with E-state index in [9.17, 15) is 4.79 Å². The normalized spacial score (nSPS) is 14.9. The number of piperidine rings is 1. The zero-order chi connectivity index (χ0) is 19.4. The van der Waals surface area contributed by atoms with Crippen LogP contribution in [0.2, 0.25) is 10.0 Å². The molecule has 2 N–H and O–H groups in total. The molecule has 1 saturated heterocycles. The third-order valence-electron chi connectivity index (χ3n) is 4.43. The highest BCUT2D eigenvalue weighted by atomic mass is 35.5. The van der Waals surface area contributed by atoms with Crippen LogP contribution in [-0.2, 0) is 0 Å². The van der Waals surface area contributed by atoms with E-state index in [1.54, 1.807) is 18.2 Å². The molecule has 0 atom stereocenters. The fourth-order valence-electron chi connectivity index (χ4n) is 3.18. The summed E-state index contributed by atoms with van der Waals surface area (Å²) >= 11 is 12.0. The van der Waals surface area contributed by atoms with Crippen molar-refractivity contribution in [2.45, 2.75) is 32.7 Å². The molecule has 0 spiro atoms. The molecule has 1 aromatic heterocycles. The maximum Gasteiger partial charge on any atom is 0.253 e. The lowest BCUT2D eigenvalue weighted by Gasteiger charge is -2.32. The second-order valence-corrected chi connectivity index (χ2v) is 7.49. The van der Waals surface area contributed by atoms with E-state index in [1.165, 1.54) is 0 Å². The van der Waals surface area contributed by atoms with E-state index in [2.05, 4.69) is 20.6 Å². The molecule has 2 heterocycles. The van der Waals surface area contributed by atoms with E-state index in [0.717, 1.165) is 30.9 Å². The van der Waals surface area contributed by atoms with Crippen molar-refractivity contribution in [3.8, 4) is 0 Å². The Morgan fingerprint density at radius 3 is 2.44 bits per heavy atom. The molecule has 1 amide bonds. The summed E-state index contributed by atoms with van der Waals surface area (Å²) in [5, 5.41) is 7.55. The van der Waals surface area contributed by atoms with Gasteiger partial charge in [0, 0.05) is 53.0 Å². The Balaban J connectivity index is 1.59. The summed E-state index contributed by atoms with van der Waals surface area (Å²) in [5.74, 6) is 1.40. The first-order chi connectivity index (χ1) is 12.9. The van der Waals surface area contributed by atoms with Crippen LogP contribution in [0.1, 0.15) is 35.8 Å². The molecule has 144 valence electrons. The summed E-state index contributed by atoms with van der Waals surface area (Å²) in [4.78, 5) is 23.4. The van der Waals surface area contributed by atoms with Crippen molar-refractivity contribution in [2.75, 3.05) is 30.3 Å². The molecule has 3 rings (SSSR count). The number of aryl methyl sites for hydroxylation is 1. The van der Waals surface area contributed by atoms with Gasteiger partial charge >= 0.3 is 0 Å². The average molecular weight is 408 g/mol. The quantitative estimate of drug-likeness (QED) is 0.775. The van der Waals surface area contributed by atoms with Crippen LogP contribution in [0.4, 0.5) is 11.8 Å². The first-order valence-electron chi connectivity index (χ1n) is 9.06. The Kier molecular flexibility index (Phi) is 6.39. The average Bonchev–Trinajstić information content (AvgIpc) is 2.61. The van der Waals surface area contributed by atoms with Gasteiger partial charge in [-0.05, 0) is 44.9 Å². The second kappa shape index (κ2) is 8.76. The van der Waals surface area contributed by atoms with Gasteiger partial charge in [0.1, 0.15) is 5.82 Å². The standard InChI is InChI=1S/C19H23Cl2N5O/c1-3-22-19-23-12(2)8-17(25-19)24-16-4-6-26(7-5-16)18(27)13-9-14(20)11-15(21)10-13/h8-11,16H,3-7H2,1-2H3,(H2,22,23,24,25). The number of rotatable bonds is 5. The van der Waals surface area contributed by atoms with Crippen LogP contribution >= 0.6 is 23.2 Å². The van der Waals surface area contributed by atoms with Crippen LogP contribution in [0.25, 0.3) is 0 Å². The minimum atomic E-state index is -0.0369. The number of amides is 1. The van der Waals surface area contributed by atoms with Gasteiger partial charge < -0.3 is 15.5 Å². The first-order valence-corrected chi connectivity index (χ1v) is 9.81. The van der Waals surface area contributed by atoms with Gasteiger partial charge in [-0.1, -0.05) is 23.2 Å². The van der Waals surface area contributed by atoms with E-state index >= 15 is 0 Å². The topological polar surface area (TPSA) is 70.2 Å².